The van der Waals surface area contributed by atoms with Crippen molar-refractivity contribution in [1.82, 2.24) is 19.5 Å². The Morgan fingerprint density at radius 1 is 1.06 bits per heavy atom. The number of aromatic nitrogens is 4. The van der Waals surface area contributed by atoms with E-state index in [-0.39, 0.29) is 12.4 Å². The molecule has 6 heteroatoms. The maximum atomic E-state index is 4.37. The molecule has 0 amide bonds. The summed E-state index contributed by atoms with van der Waals surface area (Å²) in [5.41, 5.74) is 2.72. The van der Waals surface area contributed by atoms with Crippen LogP contribution in [0.4, 0.5) is 5.82 Å². The van der Waals surface area contributed by atoms with Gasteiger partial charge in [-0.1, -0.05) is 18.2 Å². The van der Waals surface area contributed by atoms with Gasteiger partial charge in [0, 0.05) is 5.69 Å². The van der Waals surface area contributed by atoms with Gasteiger partial charge in [-0.3, -0.25) is 9.88 Å². The van der Waals surface area contributed by atoms with Crippen LogP contribution in [0.15, 0.2) is 43.0 Å². The number of nitrogens with zero attached hydrogens (tertiary/aromatic N) is 4. The van der Waals surface area contributed by atoms with Gasteiger partial charge in [0.25, 0.3) is 5.82 Å². The highest BCUT2D eigenvalue weighted by Gasteiger charge is 2.12. The molecule has 0 spiro atoms. The van der Waals surface area contributed by atoms with Crippen molar-refractivity contribution in [1.29, 1.82) is 0 Å². The van der Waals surface area contributed by atoms with Crippen molar-refractivity contribution in [2.24, 2.45) is 0 Å². The van der Waals surface area contributed by atoms with Crippen molar-refractivity contribution in [3.05, 3.63) is 43.0 Å². The van der Waals surface area contributed by atoms with Crippen LogP contribution in [0.5, 0.6) is 0 Å². The summed E-state index contributed by atoms with van der Waals surface area (Å²) >= 11 is 0. The number of halogens is 1. The van der Waals surface area contributed by atoms with E-state index in [4.69, 9.17) is 0 Å². The number of hydrogen-bond donors (Lipinski definition) is 1. The van der Waals surface area contributed by atoms with Crippen molar-refractivity contribution >= 4 is 17.0 Å². The Bertz CT molecular complexity index is 650. The summed E-state index contributed by atoms with van der Waals surface area (Å²) in [6.45, 7) is 0. The molecule has 0 bridgehead atoms. The molecule has 0 fully saturated rings. The van der Waals surface area contributed by atoms with Crippen LogP contribution in [0.2, 0.25) is 0 Å². The zero-order valence-corrected chi connectivity index (χ0v) is 10.5. The molecule has 3 aromatic rings. The minimum atomic E-state index is 0. The molecule has 0 aliphatic carbocycles. The van der Waals surface area contributed by atoms with E-state index in [1.54, 1.807) is 12.7 Å². The van der Waals surface area contributed by atoms with E-state index in [0.717, 1.165) is 22.7 Å². The van der Waals surface area contributed by atoms with Gasteiger partial charge in [0.2, 0.25) is 0 Å². The third kappa shape index (κ3) is 1.94. The second-order valence-corrected chi connectivity index (χ2v) is 3.67. The maximum absolute atomic E-state index is 4.37. The van der Waals surface area contributed by atoms with E-state index >= 15 is 0 Å². The predicted octanol–water partition coefficient (Wildman–Crippen LogP) is -2.36. The fourth-order valence-electron chi connectivity index (χ4n) is 1.84. The third-order valence-electron chi connectivity index (χ3n) is 2.67. The Hall–Kier alpha value is -1.98. The summed E-state index contributed by atoms with van der Waals surface area (Å²) in [6, 6.07) is 10.0. The lowest BCUT2D eigenvalue weighted by molar-refractivity contribution is -0.541. The Labute approximate surface area is 110 Å². The van der Waals surface area contributed by atoms with Gasteiger partial charge >= 0.3 is 0 Å². The maximum Gasteiger partial charge on any atom is 0.255 e. The zero-order valence-electron chi connectivity index (χ0n) is 9.79. The Kier molecular flexibility index (Phi) is 3.55. The van der Waals surface area contributed by atoms with Crippen LogP contribution in [0.25, 0.3) is 16.9 Å². The van der Waals surface area contributed by atoms with Gasteiger partial charge in [-0.2, -0.15) is 4.98 Å². The topological polar surface area (TPSA) is 60.2 Å². The van der Waals surface area contributed by atoms with Gasteiger partial charge in [-0.15, -0.1) is 0 Å². The Balaban J connectivity index is 0.00000120. The number of benzene rings is 1. The molecule has 0 aliphatic rings. The number of fused-ring (bicyclic) bond motifs is 1. The fourth-order valence-corrected chi connectivity index (χ4v) is 1.84. The minimum absolute atomic E-state index is 0. The van der Waals surface area contributed by atoms with Crippen molar-refractivity contribution in [2.75, 3.05) is 7.05 Å². The lowest BCUT2D eigenvalue weighted by Gasteiger charge is -2.02. The average Bonchev–Trinajstić information content (AvgIpc) is 2.83. The smallest absolute Gasteiger partial charge is 0.255 e. The Morgan fingerprint density at radius 2 is 1.83 bits per heavy atom. The Morgan fingerprint density at radius 3 is 2.56 bits per heavy atom. The van der Waals surface area contributed by atoms with E-state index in [9.17, 15) is 0 Å². The monoisotopic (exact) mass is 261 g/mol. The molecule has 5 nitrogen and oxygen atoms in total. The standard InChI is InChI=1S/C12H11N5.ClH/c1-13-11-10-12(15-7-14-11)17(8-16-10)9-5-3-2-4-6-9;/h2-8H,1H3,(H,13,14,15);1H. The van der Waals surface area contributed by atoms with Crippen LogP contribution in [0.1, 0.15) is 0 Å². The lowest BCUT2D eigenvalue weighted by atomic mass is 10.3. The van der Waals surface area contributed by atoms with Crippen molar-refractivity contribution in [2.45, 2.75) is 0 Å². The van der Waals surface area contributed by atoms with Crippen molar-refractivity contribution in [3.63, 3.8) is 0 Å². The summed E-state index contributed by atoms with van der Waals surface area (Å²) in [5, 5.41) is 1.94. The van der Waals surface area contributed by atoms with Crippen LogP contribution in [-0.2, 0) is 0 Å². The van der Waals surface area contributed by atoms with Gasteiger partial charge in [0.15, 0.2) is 11.2 Å². The summed E-state index contributed by atoms with van der Waals surface area (Å²) in [4.78, 5) is 12.9. The lowest BCUT2D eigenvalue weighted by Crippen LogP contribution is -3.00. The van der Waals surface area contributed by atoms with E-state index in [2.05, 4.69) is 15.0 Å². The molecule has 0 saturated carbocycles. The fraction of sp³-hybridized carbons (Fsp3) is 0.0833. The van der Waals surface area contributed by atoms with Crippen LogP contribution in [-0.4, -0.2) is 26.6 Å². The second-order valence-electron chi connectivity index (χ2n) is 3.67. The molecular weight excluding hydrogens is 250 g/mol. The number of para-hydroxylation sites is 1. The quantitative estimate of drug-likeness (QED) is 0.562. The molecular formula is C12H12ClN5. The highest BCUT2D eigenvalue weighted by molar-refractivity contribution is 5.79. The molecule has 2 N–H and O–H groups in total. The van der Waals surface area contributed by atoms with Gasteiger partial charge in [-0.05, 0) is 12.1 Å². The first-order valence-electron chi connectivity index (χ1n) is 5.43. The summed E-state index contributed by atoms with van der Waals surface area (Å²) in [6.07, 6.45) is 3.35. The molecule has 0 atom stereocenters. The zero-order chi connectivity index (χ0) is 11.7. The summed E-state index contributed by atoms with van der Waals surface area (Å²) in [7, 11) is 1.95. The van der Waals surface area contributed by atoms with Crippen LogP contribution < -0.4 is 17.7 Å². The number of rotatable bonds is 2. The molecule has 1 aromatic carbocycles. The molecule has 18 heavy (non-hydrogen) atoms. The molecule has 0 radical (unpaired) electrons. The van der Waals surface area contributed by atoms with Gasteiger partial charge in [-0.25, -0.2) is 9.97 Å². The van der Waals surface area contributed by atoms with Crippen LogP contribution >= 0.6 is 0 Å². The van der Waals surface area contributed by atoms with Gasteiger partial charge in [0.1, 0.15) is 12.7 Å². The largest absolute Gasteiger partial charge is 1.00 e. The van der Waals surface area contributed by atoms with E-state index < -0.39 is 0 Å². The first-order chi connectivity index (χ1) is 8.40. The van der Waals surface area contributed by atoms with E-state index in [0.29, 0.717) is 0 Å². The molecule has 0 aliphatic heterocycles. The first-order valence-corrected chi connectivity index (χ1v) is 5.43. The van der Waals surface area contributed by atoms with Crippen molar-refractivity contribution in [3.8, 4) is 5.69 Å². The van der Waals surface area contributed by atoms with E-state index in [1.807, 2.05) is 47.3 Å². The second kappa shape index (κ2) is 5.12. The van der Waals surface area contributed by atoms with Crippen molar-refractivity contribution < 1.29 is 17.7 Å². The molecule has 0 unspecified atom stereocenters. The number of quaternary nitrogens is 1. The molecule has 0 saturated heterocycles. The summed E-state index contributed by atoms with van der Waals surface area (Å²) in [5.74, 6) is 0.865. The van der Waals surface area contributed by atoms with Crippen LogP contribution in [0, 0.1) is 0 Å². The SMILES string of the molecule is C[NH2+]c1ncnc2c1ncn2-c1ccccc1.[Cl-]. The first kappa shape index (κ1) is 12.5. The van der Waals surface area contributed by atoms with Gasteiger partial charge in [0.05, 0.1) is 7.05 Å². The summed E-state index contributed by atoms with van der Waals surface area (Å²) < 4.78 is 1.96. The van der Waals surface area contributed by atoms with Gasteiger partial charge < -0.3 is 12.4 Å². The average molecular weight is 262 g/mol. The molecule has 92 valence electrons. The highest BCUT2D eigenvalue weighted by Crippen LogP contribution is 2.17. The normalized spacial score (nSPS) is 10.3. The van der Waals surface area contributed by atoms with E-state index in [1.165, 1.54) is 0 Å². The van der Waals surface area contributed by atoms with Crippen LogP contribution in [0.3, 0.4) is 0 Å². The predicted molar refractivity (Wildman–Crippen MR) is 64.2 cm³/mol. The molecule has 2 aromatic heterocycles. The molecule has 2 heterocycles. The molecule has 3 rings (SSSR count). The third-order valence-corrected chi connectivity index (χ3v) is 2.67. The number of hydrogen-bond acceptors (Lipinski definition) is 3. The number of nitrogens with two attached hydrogens (primary N) is 1. The number of imidazole rings is 1. The highest BCUT2D eigenvalue weighted by atomic mass is 35.5. The minimum Gasteiger partial charge on any atom is -1.00 e.